The first-order valence-corrected chi connectivity index (χ1v) is 7.98. The third-order valence-corrected chi connectivity index (χ3v) is 3.59. The van der Waals surface area contributed by atoms with Crippen LogP contribution in [-0.4, -0.2) is 22.1 Å². The SMILES string of the molecule is CC(C)C[C@](C)(N)COc1ccc(-c2ccncn2)cc1C(F)(F)F. The highest BCUT2D eigenvalue weighted by atomic mass is 19.4. The van der Waals surface area contributed by atoms with Crippen LogP contribution in [-0.2, 0) is 6.18 Å². The Morgan fingerprint density at radius 1 is 1.20 bits per heavy atom. The zero-order chi connectivity index (χ0) is 18.7. The van der Waals surface area contributed by atoms with Crippen LogP contribution >= 0.6 is 0 Å². The molecular weight excluding hydrogens is 331 g/mol. The molecule has 2 aromatic rings. The molecule has 1 aromatic carbocycles. The third kappa shape index (κ3) is 5.42. The van der Waals surface area contributed by atoms with Gasteiger partial charge in [0.15, 0.2) is 0 Å². The molecule has 1 heterocycles. The number of rotatable bonds is 6. The van der Waals surface area contributed by atoms with Gasteiger partial charge in [-0.15, -0.1) is 0 Å². The molecule has 0 fully saturated rings. The summed E-state index contributed by atoms with van der Waals surface area (Å²) in [7, 11) is 0. The summed E-state index contributed by atoms with van der Waals surface area (Å²) in [5.74, 6) is 0.0894. The largest absolute Gasteiger partial charge is 0.491 e. The van der Waals surface area contributed by atoms with E-state index in [0.29, 0.717) is 23.6 Å². The molecule has 0 aliphatic heterocycles. The fourth-order valence-corrected chi connectivity index (χ4v) is 2.73. The van der Waals surface area contributed by atoms with Gasteiger partial charge in [-0.3, -0.25) is 0 Å². The van der Waals surface area contributed by atoms with Crippen LogP contribution in [0, 0.1) is 5.92 Å². The smallest absolute Gasteiger partial charge is 0.419 e. The fourth-order valence-electron chi connectivity index (χ4n) is 2.73. The number of ether oxygens (including phenoxy) is 1. The summed E-state index contributed by atoms with van der Waals surface area (Å²) in [6.45, 7) is 5.78. The first-order valence-electron chi connectivity index (χ1n) is 7.98. The van der Waals surface area contributed by atoms with Crippen molar-refractivity contribution in [1.29, 1.82) is 0 Å². The van der Waals surface area contributed by atoms with Crippen LogP contribution in [0.4, 0.5) is 13.2 Å². The molecule has 0 saturated carbocycles. The van der Waals surface area contributed by atoms with Gasteiger partial charge >= 0.3 is 6.18 Å². The van der Waals surface area contributed by atoms with E-state index in [1.165, 1.54) is 18.6 Å². The molecule has 25 heavy (non-hydrogen) atoms. The standard InChI is InChI=1S/C18H22F3N3O/c1-12(2)9-17(3,22)10-25-16-5-4-13(8-14(16)18(19,20)21)15-6-7-23-11-24-15/h4-8,11-12H,9-10,22H2,1-3H3/t17-/m0/s1. The lowest BCUT2D eigenvalue weighted by Gasteiger charge is -2.27. The van der Waals surface area contributed by atoms with Gasteiger partial charge in [-0.25, -0.2) is 9.97 Å². The lowest BCUT2D eigenvalue weighted by atomic mass is 9.93. The average Bonchev–Trinajstić information content (AvgIpc) is 2.51. The van der Waals surface area contributed by atoms with Gasteiger partial charge in [0.05, 0.1) is 11.3 Å². The first-order chi connectivity index (χ1) is 11.6. The van der Waals surface area contributed by atoms with Gasteiger partial charge in [-0.1, -0.05) is 13.8 Å². The minimum atomic E-state index is -4.54. The molecule has 0 amide bonds. The average molecular weight is 353 g/mol. The number of hydrogen-bond donors (Lipinski definition) is 1. The Hall–Kier alpha value is -2.15. The van der Waals surface area contributed by atoms with Crippen molar-refractivity contribution >= 4 is 0 Å². The van der Waals surface area contributed by atoms with E-state index >= 15 is 0 Å². The Bertz CT molecular complexity index is 700. The number of nitrogens with two attached hydrogens (primary N) is 1. The molecule has 7 heteroatoms. The monoisotopic (exact) mass is 353 g/mol. The minimum Gasteiger partial charge on any atom is -0.491 e. The van der Waals surface area contributed by atoms with Crippen LogP contribution < -0.4 is 10.5 Å². The molecule has 0 saturated heterocycles. The Morgan fingerprint density at radius 2 is 1.92 bits per heavy atom. The van der Waals surface area contributed by atoms with E-state index in [9.17, 15) is 13.2 Å². The predicted octanol–water partition coefficient (Wildman–Crippen LogP) is 4.30. The van der Waals surface area contributed by atoms with Crippen molar-refractivity contribution in [3.63, 3.8) is 0 Å². The molecule has 0 aliphatic rings. The highest BCUT2D eigenvalue weighted by Gasteiger charge is 2.35. The molecule has 0 unspecified atom stereocenters. The molecule has 0 bridgehead atoms. The topological polar surface area (TPSA) is 61.0 Å². The van der Waals surface area contributed by atoms with E-state index in [4.69, 9.17) is 10.5 Å². The maximum atomic E-state index is 13.4. The molecule has 4 nitrogen and oxygen atoms in total. The molecule has 2 rings (SSSR count). The molecule has 136 valence electrons. The zero-order valence-corrected chi connectivity index (χ0v) is 14.5. The maximum Gasteiger partial charge on any atom is 0.419 e. The van der Waals surface area contributed by atoms with Crippen LogP contribution in [0.25, 0.3) is 11.3 Å². The second kappa shape index (κ2) is 7.39. The molecule has 0 spiro atoms. The third-order valence-electron chi connectivity index (χ3n) is 3.59. The lowest BCUT2D eigenvalue weighted by Crippen LogP contribution is -2.43. The highest BCUT2D eigenvalue weighted by Crippen LogP contribution is 2.38. The number of hydrogen-bond acceptors (Lipinski definition) is 4. The van der Waals surface area contributed by atoms with Gasteiger partial charge in [0, 0.05) is 17.3 Å². The van der Waals surface area contributed by atoms with Crippen LogP contribution in [0.15, 0.2) is 36.8 Å². The van der Waals surface area contributed by atoms with Crippen molar-refractivity contribution < 1.29 is 17.9 Å². The van der Waals surface area contributed by atoms with Crippen molar-refractivity contribution in [2.45, 2.75) is 38.9 Å². The summed E-state index contributed by atoms with van der Waals surface area (Å²) in [6, 6.07) is 5.44. The number of alkyl halides is 3. The second-order valence-corrected chi connectivity index (χ2v) is 6.84. The van der Waals surface area contributed by atoms with E-state index < -0.39 is 17.3 Å². The molecule has 0 radical (unpaired) electrons. The van der Waals surface area contributed by atoms with E-state index in [1.54, 1.807) is 19.1 Å². The van der Waals surface area contributed by atoms with Crippen molar-refractivity contribution in [2.75, 3.05) is 6.61 Å². The van der Waals surface area contributed by atoms with Crippen molar-refractivity contribution in [3.8, 4) is 17.0 Å². The van der Waals surface area contributed by atoms with Gasteiger partial charge in [0.1, 0.15) is 18.7 Å². The van der Waals surface area contributed by atoms with E-state index in [0.717, 1.165) is 6.07 Å². The number of nitrogens with zero attached hydrogens (tertiary/aromatic N) is 2. The number of benzene rings is 1. The Morgan fingerprint density at radius 3 is 2.48 bits per heavy atom. The minimum absolute atomic E-state index is 0.00110. The first kappa shape index (κ1) is 19.2. The van der Waals surface area contributed by atoms with E-state index in [-0.39, 0.29) is 12.4 Å². The number of aromatic nitrogens is 2. The molecule has 0 aliphatic carbocycles. The molecule has 1 atom stereocenters. The van der Waals surface area contributed by atoms with Gasteiger partial charge in [0.2, 0.25) is 0 Å². The fraction of sp³-hybridized carbons (Fsp3) is 0.444. The maximum absolute atomic E-state index is 13.4. The Kier molecular flexibility index (Phi) is 5.67. The number of halogens is 3. The second-order valence-electron chi connectivity index (χ2n) is 6.84. The van der Waals surface area contributed by atoms with Crippen LogP contribution in [0.1, 0.15) is 32.8 Å². The molecule has 1 aromatic heterocycles. The van der Waals surface area contributed by atoms with Gasteiger partial charge < -0.3 is 10.5 Å². The van der Waals surface area contributed by atoms with Crippen molar-refractivity contribution in [2.24, 2.45) is 11.7 Å². The highest BCUT2D eigenvalue weighted by molar-refractivity contribution is 5.62. The summed E-state index contributed by atoms with van der Waals surface area (Å²) in [5.41, 5.74) is 5.33. The van der Waals surface area contributed by atoms with Gasteiger partial charge in [0.25, 0.3) is 0 Å². The van der Waals surface area contributed by atoms with Crippen LogP contribution in [0.3, 0.4) is 0 Å². The Labute approximate surface area is 145 Å². The van der Waals surface area contributed by atoms with Crippen LogP contribution in [0.2, 0.25) is 0 Å². The summed E-state index contributed by atoms with van der Waals surface area (Å²) >= 11 is 0. The molecule has 2 N–H and O–H groups in total. The van der Waals surface area contributed by atoms with Crippen molar-refractivity contribution in [3.05, 3.63) is 42.4 Å². The lowest BCUT2D eigenvalue weighted by molar-refractivity contribution is -0.139. The normalized spacial score (nSPS) is 14.4. The molecular formula is C18H22F3N3O. The summed E-state index contributed by atoms with van der Waals surface area (Å²) in [6.07, 6.45) is -1.13. The quantitative estimate of drug-likeness (QED) is 0.841. The zero-order valence-electron chi connectivity index (χ0n) is 14.5. The Balaban J connectivity index is 2.29. The van der Waals surface area contributed by atoms with Gasteiger partial charge in [-0.05, 0) is 43.5 Å². The van der Waals surface area contributed by atoms with E-state index in [2.05, 4.69) is 9.97 Å². The summed E-state index contributed by atoms with van der Waals surface area (Å²) in [5, 5.41) is 0. The summed E-state index contributed by atoms with van der Waals surface area (Å²) in [4.78, 5) is 7.75. The van der Waals surface area contributed by atoms with Crippen molar-refractivity contribution in [1.82, 2.24) is 9.97 Å². The van der Waals surface area contributed by atoms with Crippen LogP contribution in [0.5, 0.6) is 5.75 Å². The summed E-state index contributed by atoms with van der Waals surface area (Å²) < 4.78 is 45.7. The van der Waals surface area contributed by atoms with Gasteiger partial charge in [-0.2, -0.15) is 13.2 Å². The predicted molar refractivity (Wildman–Crippen MR) is 90.0 cm³/mol. The van der Waals surface area contributed by atoms with E-state index in [1.807, 2.05) is 13.8 Å².